The summed E-state index contributed by atoms with van der Waals surface area (Å²) in [6, 6.07) is 4.01. The van der Waals surface area contributed by atoms with Crippen LogP contribution in [-0.2, 0) is 19.6 Å². The van der Waals surface area contributed by atoms with Gasteiger partial charge in [0.1, 0.15) is 11.6 Å². The molecule has 23 heavy (non-hydrogen) atoms. The first kappa shape index (κ1) is 14.8. The van der Waals surface area contributed by atoms with Crippen molar-refractivity contribution in [1.29, 1.82) is 0 Å². The summed E-state index contributed by atoms with van der Waals surface area (Å²) in [5.74, 6) is 3.43. The zero-order valence-electron chi connectivity index (χ0n) is 13.1. The highest BCUT2D eigenvalue weighted by Crippen LogP contribution is 2.38. The van der Waals surface area contributed by atoms with Gasteiger partial charge in [-0.15, -0.1) is 10.2 Å². The van der Waals surface area contributed by atoms with Crippen molar-refractivity contribution in [3.05, 3.63) is 34.4 Å². The molecule has 2 aromatic rings. The number of benzene rings is 1. The first-order valence-corrected chi connectivity index (χ1v) is 8.27. The summed E-state index contributed by atoms with van der Waals surface area (Å²) in [4.78, 5) is 2.35. The van der Waals surface area contributed by atoms with E-state index in [1.54, 1.807) is 0 Å². The van der Waals surface area contributed by atoms with Gasteiger partial charge in [-0.05, 0) is 24.6 Å². The summed E-state index contributed by atoms with van der Waals surface area (Å²) in [5.41, 5.74) is 1.13. The molecule has 4 rings (SSSR count). The van der Waals surface area contributed by atoms with Gasteiger partial charge in [-0.25, -0.2) is 0 Å². The minimum absolute atomic E-state index is 0.621. The van der Waals surface area contributed by atoms with Crippen LogP contribution in [0.5, 0.6) is 11.5 Å². The maximum atomic E-state index is 6.37. The largest absolute Gasteiger partial charge is 0.489 e. The molecule has 0 aliphatic carbocycles. The van der Waals surface area contributed by atoms with E-state index in [0.29, 0.717) is 24.0 Å². The molecule has 0 unspecified atom stereocenters. The molecule has 0 radical (unpaired) electrons. The number of aryl methyl sites for hydroxylation is 1. The SMILES string of the molecule is Cc1nnc2n1CCN(Cc1cc(Cl)c3c(c1)OCCCO3)C2. The van der Waals surface area contributed by atoms with E-state index in [4.69, 9.17) is 21.1 Å². The number of hydrogen-bond acceptors (Lipinski definition) is 5. The zero-order valence-corrected chi connectivity index (χ0v) is 13.8. The molecule has 3 heterocycles. The van der Waals surface area contributed by atoms with Crippen LogP contribution in [0.15, 0.2) is 12.1 Å². The van der Waals surface area contributed by atoms with Crippen molar-refractivity contribution >= 4 is 11.6 Å². The summed E-state index contributed by atoms with van der Waals surface area (Å²) in [6.45, 7) is 6.81. The first-order chi connectivity index (χ1) is 11.2. The zero-order chi connectivity index (χ0) is 15.8. The molecule has 0 N–H and O–H groups in total. The maximum absolute atomic E-state index is 6.37. The molecule has 6 nitrogen and oxygen atoms in total. The molecule has 0 fully saturated rings. The normalized spacial score (nSPS) is 17.7. The monoisotopic (exact) mass is 334 g/mol. The fourth-order valence-electron chi connectivity index (χ4n) is 3.12. The molecule has 122 valence electrons. The third kappa shape index (κ3) is 2.88. The Morgan fingerprint density at radius 3 is 2.96 bits per heavy atom. The first-order valence-electron chi connectivity index (χ1n) is 7.90. The highest BCUT2D eigenvalue weighted by Gasteiger charge is 2.21. The van der Waals surface area contributed by atoms with Crippen molar-refractivity contribution in [1.82, 2.24) is 19.7 Å². The third-order valence-electron chi connectivity index (χ3n) is 4.29. The second-order valence-electron chi connectivity index (χ2n) is 5.98. The number of ether oxygens (including phenoxy) is 2. The molecule has 2 aliphatic rings. The molecular weight excluding hydrogens is 316 g/mol. The molecule has 0 spiro atoms. The maximum Gasteiger partial charge on any atom is 0.179 e. The van der Waals surface area contributed by atoms with E-state index in [-0.39, 0.29) is 0 Å². The Kier molecular flexibility index (Phi) is 3.87. The van der Waals surface area contributed by atoms with Gasteiger partial charge >= 0.3 is 0 Å². The fraction of sp³-hybridized carbons (Fsp3) is 0.500. The van der Waals surface area contributed by atoms with Crippen LogP contribution < -0.4 is 9.47 Å². The Labute approximate surface area is 140 Å². The quantitative estimate of drug-likeness (QED) is 0.844. The van der Waals surface area contributed by atoms with Crippen LogP contribution in [-0.4, -0.2) is 39.4 Å². The van der Waals surface area contributed by atoms with Crippen LogP contribution in [0, 0.1) is 6.92 Å². The van der Waals surface area contributed by atoms with E-state index >= 15 is 0 Å². The predicted octanol–water partition coefficient (Wildman–Crippen LogP) is 2.42. The van der Waals surface area contributed by atoms with E-state index in [9.17, 15) is 0 Å². The number of fused-ring (bicyclic) bond motifs is 2. The Hall–Kier alpha value is -1.79. The van der Waals surface area contributed by atoms with E-state index in [2.05, 4.69) is 19.7 Å². The van der Waals surface area contributed by atoms with Gasteiger partial charge in [0.05, 0.1) is 24.8 Å². The second-order valence-corrected chi connectivity index (χ2v) is 6.39. The van der Waals surface area contributed by atoms with Crippen LogP contribution in [0.1, 0.15) is 23.6 Å². The summed E-state index contributed by atoms with van der Waals surface area (Å²) < 4.78 is 13.6. The van der Waals surface area contributed by atoms with E-state index in [0.717, 1.165) is 55.6 Å². The Morgan fingerprint density at radius 1 is 1.17 bits per heavy atom. The molecule has 2 aliphatic heterocycles. The topological polar surface area (TPSA) is 52.4 Å². The average Bonchev–Trinajstić information content (AvgIpc) is 2.75. The summed E-state index contributed by atoms with van der Waals surface area (Å²) in [5, 5.41) is 9.02. The highest BCUT2D eigenvalue weighted by atomic mass is 35.5. The van der Waals surface area contributed by atoms with Crippen LogP contribution >= 0.6 is 11.6 Å². The van der Waals surface area contributed by atoms with Crippen molar-refractivity contribution in [3.63, 3.8) is 0 Å². The molecular formula is C16H19ClN4O2. The lowest BCUT2D eigenvalue weighted by Gasteiger charge is -2.27. The fourth-order valence-corrected chi connectivity index (χ4v) is 3.41. The van der Waals surface area contributed by atoms with Gasteiger partial charge in [-0.1, -0.05) is 11.6 Å². The van der Waals surface area contributed by atoms with Gasteiger partial charge in [0.25, 0.3) is 0 Å². The molecule has 0 amide bonds. The van der Waals surface area contributed by atoms with Crippen LogP contribution in [0.25, 0.3) is 0 Å². The van der Waals surface area contributed by atoms with Crippen molar-refractivity contribution in [2.45, 2.75) is 33.0 Å². The number of halogens is 1. The van der Waals surface area contributed by atoms with Gasteiger partial charge < -0.3 is 14.0 Å². The van der Waals surface area contributed by atoms with Crippen LogP contribution in [0.2, 0.25) is 5.02 Å². The minimum atomic E-state index is 0.621. The number of aromatic nitrogens is 3. The molecule has 1 aromatic heterocycles. The number of nitrogens with zero attached hydrogens (tertiary/aromatic N) is 4. The van der Waals surface area contributed by atoms with Crippen molar-refractivity contribution in [2.75, 3.05) is 19.8 Å². The van der Waals surface area contributed by atoms with Gasteiger partial charge in [-0.2, -0.15) is 0 Å². The predicted molar refractivity (Wildman–Crippen MR) is 85.9 cm³/mol. The number of rotatable bonds is 2. The Bertz CT molecular complexity index is 731. The molecule has 7 heteroatoms. The van der Waals surface area contributed by atoms with E-state index in [1.165, 1.54) is 0 Å². The summed E-state index contributed by atoms with van der Waals surface area (Å²) in [7, 11) is 0. The number of hydrogen-bond donors (Lipinski definition) is 0. The second kappa shape index (κ2) is 6.02. The van der Waals surface area contributed by atoms with Gasteiger partial charge in [0, 0.05) is 26.1 Å². The molecule has 1 aromatic carbocycles. The van der Waals surface area contributed by atoms with Crippen molar-refractivity contribution in [3.8, 4) is 11.5 Å². The van der Waals surface area contributed by atoms with Gasteiger partial charge in [0.15, 0.2) is 11.5 Å². The van der Waals surface area contributed by atoms with Gasteiger partial charge in [0.2, 0.25) is 0 Å². The van der Waals surface area contributed by atoms with E-state index in [1.807, 2.05) is 19.1 Å². The van der Waals surface area contributed by atoms with Crippen LogP contribution in [0.4, 0.5) is 0 Å². The average molecular weight is 335 g/mol. The molecule has 0 atom stereocenters. The Balaban J connectivity index is 1.53. The molecule has 0 bridgehead atoms. The lowest BCUT2D eigenvalue weighted by molar-refractivity contribution is 0.207. The smallest absolute Gasteiger partial charge is 0.179 e. The van der Waals surface area contributed by atoms with Crippen LogP contribution in [0.3, 0.4) is 0 Å². The lowest BCUT2D eigenvalue weighted by Crippen LogP contribution is -2.33. The van der Waals surface area contributed by atoms with Crippen molar-refractivity contribution in [2.24, 2.45) is 0 Å². The van der Waals surface area contributed by atoms with E-state index < -0.39 is 0 Å². The lowest BCUT2D eigenvalue weighted by atomic mass is 10.1. The summed E-state index contributed by atoms with van der Waals surface area (Å²) in [6.07, 6.45) is 0.876. The standard InChI is InChI=1S/C16H19ClN4O2/c1-11-18-19-15-10-20(3-4-21(11)15)9-12-7-13(17)16-14(8-12)22-5-2-6-23-16/h7-8H,2-6,9-10H2,1H3. The van der Waals surface area contributed by atoms with Crippen molar-refractivity contribution < 1.29 is 9.47 Å². The highest BCUT2D eigenvalue weighted by molar-refractivity contribution is 6.32. The third-order valence-corrected chi connectivity index (χ3v) is 4.57. The Morgan fingerprint density at radius 2 is 2.04 bits per heavy atom. The minimum Gasteiger partial charge on any atom is -0.489 e. The molecule has 0 saturated carbocycles. The van der Waals surface area contributed by atoms with Gasteiger partial charge in [-0.3, -0.25) is 4.90 Å². The molecule has 0 saturated heterocycles. The summed E-state index contributed by atoms with van der Waals surface area (Å²) >= 11 is 6.37.